The highest BCUT2D eigenvalue weighted by Gasteiger charge is 2.36. The number of urea groups is 1. The van der Waals surface area contributed by atoms with Crippen LogP contribution in [0, 0.1) is 6.92 Å². The first-order chi connectivity index (χ1) is 9.04. The van der Waals surface area contributed by atoms with Gasteiger partial charge in [-0.2, -0.15) is 18.2 Å². The van der Waals surface area contributed by atoms with E-state index in [4.69, 9.17) is 23.1 Å². The minimum absolute atomic E-state index is 0.223. The summed E-state index contributed by atoms with van der Waals surface area (Å²) in [5.41, 5.74) is 8.82. The van der Waals surface area contributed by atoms with E-state index >= 15 is 0 Å². The number of aryl methyl sites for hydroxylation is 1. The van der Waals surface area contributed by atoms with Crippen LogP contribution in [-0.4, -0.2) is 19.0 Å². The molecule has 0 aromatic heterocycles. The quantitative estimate of drug-likeness (QED) is 0.617. The zero-order valence-corrected chi connectivity index (χ0v) is 11.4. The molecule has 4 N–H and O–H groups in total. The van der Waals surface area contributed by atoms with Crippen molar-refractivity contribution in [2.75, 3.05) is 11.9 Å². The number of alkyl halides is 3. The Labute approximate surface area is 118 Å². The van der Waals surface area contributed by atoms with Crippen LogP contribution in [0.25, 0.3) is 0 Å². The van der Waals surface area contributed by atoms with Gasteiger partial charge in [0.25, 0.3) is 0 Å². The number of carbonyl (C=O) groups excluding carboxylic acids is 1. The number of carbonyl (C=O) groups is 1. The first-order valence-electron chi connectivity index (χ1n) is 5.28. The maximum atomic E-state index is 13.0. The predicted octanol–water partition coefficient (Wildman–Crippen LogP) is 2.50. The van der Waals surface area contributed by atoms with Crippen molar-refractivity contribution in [2.24, 2.45) is 16.5 Å². The molecule has 0 saturated carbocycles. The van der Waals surface area contributed by atoms with E-state index in [1.807, 2.05) is 0 Å². The number of amides is 2. The lowest BCUT2D eigenvalue weighted by molar-refractivity contribution is -0.137. The lowest BCUT2D eigenvalue weighted by Gasteiger charge is -2.22. The summed E-state index contributed by atoms with van der Waals surface area (Å²) in [5.74, 6) is -0.557. The summed E-state index contributed by atoms with van der Waals surface area (Å²) in [4.78, 5) is 15.4. The van der Waals surface area contributed by atoms with Crippen LogP contribution in [0.2, 0.25) is 5.02 Å². The van der Waals surface area contributed by atoms with E-state index in [1.165, 1.54) is 13.0 Å². The van der Waals surface area contributed by atoms with E-state index in [1.54, 1.807) is 0 Å². The van der Waals surface area contributed by atoms with Gasteiger partial charge >= 0.3 is 12.2 Å². The highest BCUT2D eigenvalue weighted by atomic mass is 35.5. The number of nitrogens with zero attached hydrogens (tertiary/aromatic N) is 2. The molecule has 9 heteroatoms. The Morgan fingerprint density at radius 3 is 2.35 bits per heavy atom. The molecule has 0 heterocycles. The Kier molecular flexibility index (Phi) is 4.49. The Bertz CT molecular complexity index is 568. The number of hydrogen-bond acceptors (Lipinski definition) is 1. The third-order valence-electron chi connectivity index (χ3n) is 2.36. The lowest BCUT2D eigenvalue weighted by Crippen LogP contribution is -2.31. The first-order valence-corrected chi connectivity index (χ1v) is 5.66. The number of aliphatic imine (C=N–C) groups is 1. The highest BCUT2D eigenvalue weighted by molar-refractivity contribution is 6.34. The number of halogens is 4. The Hall–Kier alpha value is -1.96. The van der Waals surface area contributed by atoms with Crippen LogP contribution in [0.4, 0.5) is 23.7 Å². The summed E-state index contributed by atoms with van der Waals surface area (Å²) in [6, 6.07) is 1.15. The molecule has 1 aromatic carbocycles. The molecule has 0 unspecified atom stereocenters. The smallest absolute Gasteiger partial charge is 0.370 e. The lowest BCUT2D eigenvalue weighted by atomic mass is 10.1. The van der Waals surface area contributed by atoms with Crippen LogP contribution in [0.15, 0.2) is 17.1 Å². The summed E-state index contributed by atoms with van der Waals surface area (Å²) in [5, 5.41) is -0.223. The standard InChI is InChI=1S/C11H12ClF3N4O/c1-5-3-6(11(13,14)15)8(7(12)4-5)19(2)10(20)18-9(16)17/h3-4H,1-2H3,(H4,16,17,18,20). The molecule has 0 radical (unpaired) electrons. The van der Waals surface area contributed by atoms with E-state index in [2.05, 4.69) is 4.99 Å². The van der Waals surface area contributed by atoms with Gasteiger partial charge in [-0.15, -0.1) is 0 Å². The predicted molar refractivity (Wildman–Crippen MR) is 70.8 cm³/mol. The van der Waals surface area contributed by atoms with Gasteiger partial charge in [-0.25, -0.2) is 4.79 Å². The van der Waals surface area contributed by atoms with Crippen molar-refractivity contribution in [3.63, 3.8) is 0 Å². The summed E-state index contributed by atoms with van der Waals surface area (Å²) >= 11 is 5.81. The molecule has 0 saturated heterocycles. The molecule has 0 atom stereocenters. The minimum atomic E-state index is -4.67. The second kappa shape index (κ2) is 5.58. The maximum Gasteiger partial charge on any atom is 0.418 e. The second-order valence-electron chi connectivity index (χ2n) is 4.02. The zero-order valence-electron chi connectivity index (χ0n) is 10.6. The summed E-state index contributed by atoms with van der Waals surface area (Å²) in [7, 11) is 1.10. The van der Waals surface area contributed by atoms with Crippen molar-refractivity contribution >= 4 is 29.3 Å². The topological polar surface area (TPSA) is 84.7 Å². The van der Waals surface area contributed by atoms with Crippen molar-refractivity contribution in [3.8, 4) is 0 Å². The Morgan fingerprint density at radius 1 is 1.35 bits per heavy atom. The van der Waals surface area contributed by atoms with Crippen LogP contribution in [0.3, 0.4) is 0 Å². The fraction of sp³-hybridized carbons (Fsp3) is 0.273. The molecule has 0 aliphatic carbocycles. The van der Waals surface area contributed by atoms with Crippen molar-refractivity contribution in [1.29, 1.82) is 0 Å². The molecule has 0 spiro atoms. The number of benzene rings is 1. The largest absolute Gasteiger partial charge is 0.418 e. The van der Waals surface area contributed by atoms with Crippen LogP contribution in [-0.2, 0) is 6.18 Å². The van der Waals surface area contributed by atoms with Gasteiger partial charge in [0, 0.05) is 7.05 Å². The second-order valence-corrected chi connectivity index (χ2v) is 4.43. The first kappa shape index (κ1) is 16.1. The molecule has 0 aliphatic heterocycles. The molecule has 5 nitrogen and oxygen atoms in total. The van der Waals surface area contributed by atoms with E-state index in [0.29, 0.717) is 10.5 Å². The molecule has 110 valence electrons. The molecule has 0 fully saturated rings. The minimum Gasteiger partial charge on any atom is -0.370 e. The summed E-state index contributed by atoms with van der Waals surface area (Å²) in [6.07, 6.45) is -4.67. The number of nitrogens with two attached hydrogens (primary N) is 2. The summed E-state index contributed by atoms with van der Waals surface area (Å²) in [6.45, 7) is 1.46. The molecule has 20 heavy (non-hydrogen) atoms. The van der Waals surface area contributed by atoms with Crippen molar-refractivity contribution in [1.82, 2.24) is 0 Å². The van der Waals surface area contributed by atoms with Gasteiger partial charge < -0.3 is 11.5 Å². The Balaban J connectivity index is 3.44. The number of anilines is 1. The number of hydrogen-bond donors (Lipinski definition) is 2. The van der Waals surface area contributed by atoms with Crippen molar-refractivity contribution in [2.45, 2.75) is 13.1 Å². The van der Waals surface area contributed by atoms with E-state index in [-0.39, 0.29) is 5.02 Å². The maximum absolute atomic E-state index is 13.0. The van der Waals surface area contributed by atoms with Gasteiger partial charge in [0.05, 0.1) is 16.3 Å². The van der Waals surface area contributed by atoms with Gasteiger partial charge in [0.1, 0.15) is 0 Å². The van der Waals surface area contributed by atoms with Gasteiger partial charge in [0.2, 0.25) is 0 Å². The SMILES string of the molecule is Cc1cc(Cl)c(N(C)C(=O)N=C(N)N)c(C(F)(F)F)c1. The fourth-order valence-corrected chi connectivity index (χ4v) is 1.97. The van der Waals surface area contributed by atoms with Gasteiger partial charge in [-0.3, -0.25) is 4.90 Å². The monoisotopic (exact) mass is 308 g/mol. The third kappa shape index (κ3) is 3.53. The van der Waals surface area contributed by atoms with Crippen LogP contribution in [0.5, 0.6) is 0 Å². The number of rotatable bonds is 1. The molecule has 2 amide bonds. The van der Waals surface area contributed by atoms with E-state index < -0.39 is 29.4 Å². The average Bonchev–Trinajstić information content (AvgIpc) is 2.24. The van der Waals surface area contributed by atoms with Crippen LogP contribution >= 0.6 is 11.6 Å². The van der Waals surface area contributed by atoms with E-state index in [0.717, 1.165) is 13.1 Å². The molecule has 0 aliphatic rings. The van der Waals surface area contributed by atoms with Gasteiger partial charge in [0.15, 0.2) is 5.96 Å². The average molecular weight is 309 g/mol. The number of guanidine groups is 1. The van der Waals surface area contributed by atoms with Gasteiger partial charge in [-0.05, 0) is 24.6 Å². The van der Waals surface area contributed by atoms with Crippen LogP contribution < -0.4 is 16.4 Å². The third-order valence-corrected chi connectivity index (χ3v) is 2.65. The molecular formula is C11H12ClF3N4O. The van der Waals surface area contributed by atoms with E-state index in [9.17, 15) is 18.0 Å². The molecule has 1 aromatic rings. The molecule has 0 bridgehead atoms. The van der Waals surface area contributed by atoms with Crippen molar-refractivity contribution in [3.05, 3.63) is 28.3 Å². The van der Waals surface area contributed by atoms with Crippen molar-refractivity contribution < 1.29 is 18.0 Å². The van der Waals surface area contributed by atoms with Crippen LogP contribution in [0.1, 0.15) is 11.1 Å². The Morgan fingerprint density at radius 2 is 1.90 bits per heavy atom. The summed E-state index contributed by atoms with van der Waals surface area (Å²) < 4.78 is 39.0. The molecule has 1 rings (SSSR count). The van der Waals surface area contributed by atoms with Gasteiger partial charge in [-0.1, -0.05) is 11.6 Å². The molecular weight excluding hydrogens is 297 g/mol. The fourth-order valence-electron chi connectivity index (χ4n) is 1.57. The highest BCUT2D eigenvalue weighted by Crippen LogP contribution is 2.41. The normalized spacial score (nSPS) is 11.1. The zero-order chi connectivity index (χ0) is 15.7.